The molecule has 0 aliphatic heterocycles. The lowest BCUT2D eigenvalue weighted by molar-refractivity contribution is -0.112. The summed E-state index contributed by atoms with van der Waals surface area (Å²) in [7, 11) is 0. The molecular weight excluding hydrogens is 416 g/mol. The van der Waals surface area contributed by atoms with E-state index < -0.39 is 11.7 Å². The van der Waals surface area contributed by atoms with Crippen molar-refractivity contribution >= 4 is 29.0 Å². The molecule has 0 radical (unpaired) electrons. The van der Waals surface area contributed by atoms with Gasteiger partial charge in [-0.25, -0.2) is 0 Å². The highest BCUT2D eigenvalue weighted by molar-refractivity contribution is 6.46. The fraction of sp³-hybridized carbons (Fsp3) is 0.208. The van der Waals surface area contributed by atoms with Crippen LogP contribution in [0, 0.1) is 0 Å². The molecule has 3 rings (SSSR count). The molecule has 7 heteroatoms. The van der Waals surface area contributed by atoms with Gasteiger partial charge in [0, 0.05) is 29.4 Å². The molecule has 31 heavy (non-hydrogen) atoms. The van der Waals surface area contributed by atoms with Crippen molar-refractivity contribution in [2.75, 3.05) is 17.8 Å². The van der Waals surface area contributed by atoms with Gasteiger partial charge in [-0.3, -0.25) is 14.6 Å². The number of halogens is 1. The Bertz CT molecular complexity index is 1010. The van der Waals surface area contributed by atoms with Crippen molar-refractivity contribution < 1.29 is 19.1 Å². The number of benzene rings is 2. The van der Waals surface area contributed by atoms with Crippen LogP contribution in [0.4, 0.5) is 5.69 Å². The van der Waals surface area contributed by atoms with E-state index in [4.69, 9.17) is 21.1 Å². The first-order chi connectivity index (χ1) is 15.2. The van der Waals surface area contributed by atoms with Gasteiger partial charge in [-0.1, -0.05) is 30.3 Å². The van der Waals surface area contributed by atoms with Crippen molar-refractivity contribution in [1.82, 2.24) is 4.98 Å². The van der Waals surface area contributed by atoms with Crippen LogP contribution in [0.2, 0.25) is 0 Å². The summed E-state index contributed by atoms with van der Waals surface area (Å²) in [5.74, 6) is 0.417. The maximum atomic E-state index is 12.4. The van der Waals surface area contributed by atoms with Crippen LogP contribution in [-0.2, 0) is 11.4 Å². The average Bonchev–Trinajstić information content (AvgIpc) is 2.82. The summed E-state index contributed by atoms with van der Waals surface area (Å²) in [5.41, 5.74) is 1.56. The van der Waals surface area contributed by atoms with Gasteiger partial charge in [0.1, 0.15) is 18.1 Å². The van der Waals surface area contributed by atoms with Gasteiger partial charge in [-0.05, 0) is 43.2 Å². The molecule has 1 amide bonds. The molecule has 0 saturated heterocycles. The van der Waals surface area contributed by atoms with E-state index in [9.17, 15) is 9.59 Å². The third kappa shape index (κ3) is 6.55. The van der Waals surface area contributed by atoms with E-state index in [1.54, 1.807) is 24.3 Å². The van der Waals surface area contributed by atoms with Crippen LogP contribution in [0.15, 0.2) is 73.1 Å². The number of nitrogens with zero attached hydrogens (tertiary/aromatic N) is 1. The SMILES string of the molecule is O=C(Nc1ccccc1OCc1ccccc1OCCCCCl)C(=O)c1ccncc1. The standard InChI is InChI=1S/C24H23ClN2O4/c25-13-5-6-16-30-21-9-3-1-7-19(21)17-31-22-10-4-2-8-20(22)27-24(29)23(28)18-11-14-26-15-12-18/h1-4,7-12,14-15H,5-6,13,16-17H2,(H,27,29). The minimum absolute atomic E-state index is 0.247. The molecule has 1 aromatic heterocycles. The fourth-order valence-electron chi connectivity index (χ4n) is 2.81. The number of para-hydroxylation sites is 3. The van der Waals surface area contributed by atoms with Crippen molar-refractivity contribution in [2.45, 2.75) is 19.4 Å². The van der Waals surface area contributed by atoms with Crippen LogP contribution in [-0.4, -0.2) is 29.2 Å². The summed E-state index contributed by atoms with van der Waals surface area (Å²) in [6.07, 6.45) is 4.70. The highest BCUT2D eigenvalue weighted by Crippen LogP contribution is 2.27. The molecule has 0 aliphatic carbocycles. The summed E-state index contributed by atoms with van der Waals surface area (Å²) < 4.78 is 11.8. The van der Waals surface area contributed by atoms with Crippen molar-refractivity contribution in [3.63, 3.8) is 0 Å². The summed E-state index contributed by atoms with van der Waals surface area (Å²) in [6, 6.07) is 17.6. The Morgan fingerprint density at radius 1 is 0.871 bits per heavy atom. The topological polar surface area (TPSA) is 77.5 Å². The molecule has 6 nitrogen and oxygen atoms in total. The van der Waals surface area contributed by atoms with Crippen molar-refractivity contribution in [3.8, 4) is 11.5 Å². The lowest BCUT2D eigenvalue weighted by atomic mass is 10.1. The highest BCUT2D eigenvalue weighted by Gasteiger charge is 2.18. The Labute approximate surface area is 186 Å². The normalized spacial score (nSPS) is 10.4. The number of rotatable bonds is 11. The number of pyridine rings is 1. The van der Waals surface area contributed by atoms with E-state index in [0.29, 0.717) is 23.9 Å². The van der Waals surface area contributed by atoms with E-state index in [0.717, 1.165) is 24.2 Å². The lowest BCUT2D eigenvalue weighted by Gasteiger charge is -2.15. The van der Waals surface area contributed by atoms with Crippen LogP contribution in [0.3, 0.4) is 0 Å². The second kappa shape index (κ2) is 11.7. The van der Waals surface area contributed by atoms with Gasteiger partial charge in [-0.2, -0.15) is 0 Å². The minimum atomic E-state index is -0.745. The Morgan fingerprint density at radius 2 is 1.58 bits per heavy atom. The molecule has 3 aromatic rings. The number of amides is 1. The summed E-state index contributed by atoms with van der Waals surface area (Å²) in [4.78, 5) is 28.6. The second-order valence-electron chi connectivity index (χ2n) is 6.66. The average molecular weight is 439 g/mol. The van der Waals surface area contributed by atoms with E-state index in [1.165, 1.54) is 24.5 Å². The second-order valence-corrected chi connectivity index (χ2v) is 7.03. The van der Waals surface area contributed by atoms with Crippen LogP contribution < -0.4 is 14.8 Å². The molecule has 2 aromatic carbocycles. The molecule has 0 aliphatic rings. The number of Topliss-reactive ketones (excluding diaryl/α,β-unsaturated/α-hetero) is 1. The van der Waals surface area contributed by atoms with Gasteiger partial charge in [-0.15, -0.1) is 11.6 Å². The zero-order valence-electron chi connectivity index (χ0n) is 16.9. The Morgan fingerprint density at radius 3 is 2.35 bits per heavy atom. The summed E-state index contributed by atoms with van der Waals surface area (Å²) in [6.45, 7) is 0.824. The number of hydrogen-bond donors (Lipinski definition) is 1. The largest absolute Gasteiger partial charge is 0.493 e. The number of hydrogen-bond acceptors (Lipinski definition) is 5. The van der Waals surface area contributed by atoms with E-state index in [-0.39, 0.29) is 12.2 Å². The number of carbonyl (C=O) groups excluding carboxylic acids is 2. The first-order valence-corrected chi connectivity index (χ1v) is 10.5. The molecule has 0 unspecified atom stereocenters. The number of alkyl halides is 1. The highest BCUT2D eigenvalue weighted by atomic mass is 35.5. The molecule has 1 N–H and O–H groups in total. The monoisotopic (exact) mass is 438 g/mol. The molecule has 0 fully saturated rings. The molecule has 0 atom stereocenters. The van der Waals surface area contributed by atoms with Gasteiger partial charge in [0.2, 0.25) is 0 Å². The summed E-state index contributed by atoms with van der Waals surface area (Å²) >= 11 is 5.71. The quantitative estimate of drug-likeness (QED) is 0.200. The Kier molecular flexibility index (Phi) is 8.43. The Hall–Kier alpha value is -3.38. The minimum Gasteiger partial charge on any atom is -0.493 e. The number of unbranched alkanes of at least 4 members (excludes halogenated alkanes) is 1. The zero-order chi connectivity index (χ0) is 21.9. The van der Waals surface area contributed by atoms with Gasteiger partial charge in [0.05, 0.1) is 12.3 Å². The van der Waals surface area contributed by atoms with Gasteiger partial charge < -0.3 is 14.8 Å². The third-order valence-electron chi connectivity index (χ3n) is 4.43. The first-order valence-electron chi connectivity index (χ1n) is 9.93. The predicted molar refractivity (Wildman–Crippen MR) is 120 cm³/mol. The molecular formula is C24H23ClN2O4. The number of aromatic nitrogens is 1. The van der Waals surface area contributed by atoms with Crippen molar-refractivity contribution in [2.24, 2.45) is 0 Å². The number of ether oxygens (including phenoxy) is 2. The zero-order valence-corrected chi connectivity index (χ0v) is 17.7. The van der Waals surface area contributed by atoms with Gasteiger partial charge in [0.15, 0.2) is 0 Å². The lowest BCUT2D eigenvalue weighted by Crippen LogP contribution is -2.23. The van der Waals surface area contributed by atoms with E-state index in [2.05, 4.69) is 10.3 Å². The smallest absolute Gasteiger partial charge is 0.296 e. The molecule has 0 saturated carbocycles. The van der Waals surface area contributed by atoms with E-state index in [1.807, 2.05) is 24.3 Å². The first kappa shape index (κ1) is 22.3. The van der Waals surface area contributed by atoms with Gasteiger partial charge >= 0.3 is 0 Å². The summed E-state index contributed by atoms with van der Waals surface area (Å²) in [5, 5.41) is 2.63. The number of anilines is 1. The number of carbonyl (C=O) groups is 2. The van der Waals surface area contributed by atoms with Crippen molar-refractivity contribution in [3.05, 3.63) is 84.2 Å². The maximum Gasteiger partial charge on any atom is 0.296 e. The van der Waals surface area contributed by atoms with Gasteiger partial charge in [0.25, 0.3) is 11.7 Å². The maximum absolute atomic E-state index is 12.4. The van der Waals surface area contributed by atoms with Crippen LogP contribution >= 0.6 is 11.6 Å². The molecule has 1 heterocycles. The number of ketones is 1. The van der Waals surface area contributed by atoms with Crippen LogP contribution in [0.1, 0.15) is 28.8 Å². The van der Waals surface area contributed by atoms with Crippen LogP contribution in [0.25, 0.3) is 0 Å². The predicted octanol–water partition coefficient (Wildman–Crippen LogP) is 4.88. The fourth-order valence-corrected chi connectivity index (χ4v) is 3.00. The van der Waals surface area contributed by atoms with Crippen molar-refractivity contribution in [1.29, 1.82) is 0 Å². The molecule has 0 bridgehead atoms. The van der Waals surface area contributed by atoms with Crippen LogP contribution in [0.5, 0.6) is 11.5 Å². The Balaban J connectivity index is 1.65. The molecule has 160 valence electrons. The number of nitrogens with one attached hydrogen (secondary N) is 1. The van der Waals surface area contributed by atoms with E-state index >= 15 is 0 Å². The molecule has 0 spiro atoms. The third-order valence-corrected chi connectivity index (χ3v) is 4.69.